The summed E-state index contributed by atoms with van der Waals surface area (Å²) in [5.41, 5.74) is 7.58. The Balaban J connectivity index is 0.936. The van der Waals surface area contributed by atoms with Crippen LogP contribution < -0.4 is 0 Å². The van der Waals surface area contributed by atoms with Gasteiger partial charge in [0.25, 0.3) is 0 Å². The van der Waals surface area contributed by atoms with Crippen LogP contribution in [0.25, 0.3) is 22.3 Å². The van der Waals surface area contributed by atoms with Gasteiger partial charge in [-0.1, -0.05) is 99.3 Å². The molecule has 4 aromatic rings. The fourth-order valence-electron chi connectivity index (χ4n) is 6.29. The van der Waals surface area contributed by atoms with E-state index in [9.17, 15) is 19.2 Å². The third kappa shape index (κ3) is 9.36. The van der Waals surface area contributed by atoms with E-state index in [0.717, 1.165) is 52.8 Å². The summed E-state index contributed by atoms with van der Waals surface area (Å²) < 4.78 is 21.9. The zero-order chi connectivity index (χ0) is 37.3. The average Bonchev–Trinajstić information content (AvgIpc) is 3.71. The maximum atomic E-state index is 12.8. The number of nitrogens with zero attached hydrogens (tertiary/aromatic N) is 1. The number of ether oxygens (including phenoxy) is 4. The van der Waals surface area contributed by atoms with Crippen molar-refractivity contribution in [1.82, 2.24) is 4.90 Å². The van der Waals surface area contributed by atoms with E-state index in [1.54, 1.807) is 24.3 Å². The van der Waals surface area contributed by atoms with Crippen molar-refractivity contribution in [3.63, 3.8) is 0 Å². The maximum absolute atomic E-state index is 12.8. The molecule has 2 unspecified atom stereocenters. The van der Waals surface area contributed by atoms with Crippen LogP contribution in [0.4, 0.5) is 0 Å². The van der Waals surface area contributed by atoms with Gasteiger partial charge >= 0.3 is 23.9 Å². The highest BCUT2D eigenvalue weighted by atomic mass is 16.6. The van der Waals surface area contributed by atoms with Gasteiger partial charge in [-0.15, -0.1) is 0 Å². The van der Waals surface area contributed by atoms with Crippen molar-refractivity contribution in [1.29, 1.82) is 0 Å². The summed E-state index contributed by atoms with van der Waals surface area (Å²) >= 11 is 0. The van der Waals surface area contributed by atoms with Gasteiger partial charge in [-0.05, 0) is 70.6 Å². The standard InChI is InChI=1S/C44H43NO8/c1-4-5-22-45(23-25-50-43(48)37-18-10-33(11-19-37)31-6-14-35(15-7-31)39-27-29(2)41(46)52-39)24-26-51-44(49)38-20-12-34(13-21-38)32-8-16-36(17-9-32)40-28-30(3)42(47)53-40/h6-21,39-40H,2-5,22-28H2,1H3. The molecule has 2 atom stereocenters. The van der Waals surface area contributed by atoms with E-state index in [2.05, 4.69) is 25.0 Å². The van der Waals surface area contributed by atoms with E-state index in [1.807, 2.05) is 72.8 Å². The molecule has 53 heavy (non-hydrogen) atoms. The first-order valence-corrected chi connectivity index (χ1v) is 17.9. The summed E-state index contributed by atoms with van der Waals surface area (Å²) in [6.07, 6.45) is 2.36. The smallest absolute Gasteiger partial charge is 0.338 e. The highest BCUT2D eigenvalue weighted by molar-refractivity contribution is 5.92. The topological polar surface area (TPSA) is 108 Å². The van der Waals surface area contributed by atoms with Gasteiger partial charge in [-0.25, -0.2) is 19.2 Å². The lowest BCUT2D eigenvalue weighted by Crippen LogP contribution is -2.33. The number of esters is 4. The number of hydrogen-bond acceptors (Lipinski definition) is 9. The quantitative estimate of drug-likeness (QED) is 0.0684. The number of benzene rings is 4. The minimum Gasteiger partial charge on any atom is -0.461 e. The van der Waals surface area contributed by atoms with Crippen LogP contribution in [0.15, 0.2) is 121 Å². The Morgan fingerprint density at radius 3 is 1.28 bits per heavy atom. The van der Waals surface area contributed by atoms with Gasteiger partial charge in [-0.2, -0.15) is 0 Å². The fourth-order valence-corrected chi connectivity index (χ4v) is 6.29. The Bertz CT molecular complexity index is 1790. The minimum atomic E-state index is -0.401. The van der Waals surface area contributed by atoms with Crippen LogP contribution in [-0.2, 0) is 28.5 Å². The van der Waals surface area contributed by atoms with E-state index in [-0.39, 0.29) is 37.4 Å². The lowest BCUT2D eigenvalue weighted by Gasteiger charge is -2.21. The third-order valence-corrected chi connectivity index (χ3v) is 9.52. The molecule has 9 nitrogen and oxygen atoms in total. The molecule has 0 radical (unpaired) electrons. The highest BCUT2D eigenvalue weighted by Crippen LogP contribution is 2.34. The van der Waals surface area contributed by atoms with Crippen LogP contribution in [0.5, 0.6) is 0 Å². The molecule has 4 aromatic carbocycles. The molecule has 2 aliphatic rings. The summed E-state index contributed by atoms with van der Waals surface area (Å²) in [4.78, 5) is 51.1. The SMILES string of the molecule is C=C1CC(c2ccc(-c3ccc(C(=O)OCCN(CCCC)CCOC(=O)c4ccc(-c5ccc(C6CC(=C)C(=O)O6)cc5)cc4)cc3)cc2)OC1=O. The van der Waals surface area contributed by atoms with Crippen molar-refractivity contribution in [2.45, 2.75) is 44.8 Å². The van der Waals surface area contributed by atoms with Crippen LogP contribution in [0.1, 0.15) is 76.7 Å². The Kier molecular flexibility index (Phi) is 12.0. The molecule has 0 bridgehead atoms. The highest BCUT2D eigenvalue weighted by Gasteiger charge is 2.29. The van der Waals surface area contributed by atoms with Crippen molar-refractivity contribution in [2.24, 2.45) is 0 Å². The van der Waals surface area contributed by atoms with Crippen LogP contribution in [0.2, 0.25) is 0 Å². The van der Waals surface area contributed by atoms with Crippen molar-refractivity contribution >= 4 is 23.9 Å². The normalized spacial score (nSPS) is 16.8. The Morgan fingerprint density at radius 1 is 0.604 bits per heavy atom. The number of cyclic esters (lactones) is 2. The first-order valence-electron chi connectivity index (χ1n) is 17.9. The summed E-state index contributed by atoms with van der Waals surface area (Å²) in [5, 5.41) is 0. The van der Waals surface area contributed by atoms with Gasteiger partial charge in [0.2, 0.25) is 0 Å². The largest absolute Gasteiger partial charge is 0.461 e. The second-order valence-corrected chi connectivity index (χ2v) is 13.3. The van der Waals surface area contributed by atoms with Crippen molar-refractivity contribution in [2.75, 3.05) is 32.8 Å². The second-order valence-electron chi connectivity index (χ2n) is 13.3. The van der Waals surface area contributed by atoms with Gasteiger partial charge in [0, 0.05) is 37.1 Å². The average molecular weight is 714 g/mol. The summed E-state index contributed by atoms with van der Waals surface area (Å²) in [7, 11) is 0. The van der Waals surface area contributed by atoms with E-state index in [1.165, 1.54) is 0 Å². The molecule has 2 aliphatic heterocycles. The molecule has 9 heteroatoms. The maximum Gasteiger partial charge on any atom is 0.338 e. The number of hydrogen-bond donors (Lipinski definition) is 0. The first kappa shape index (κ1) is 37.0. The van der Waals surface area contributed by atoms with Crippen LogP contribution in [0, 0.1) is 0 Å². The first-order chi connectivity index (χ1) is 25.7. The Labute approximate surface area is 309 Å². The van der Waals surface area contributed by atoms with E-state index in [4.69, 9.17) is 18.9 Å². The molecule has 2 saturated heterocycles. The molecule has 0 aromatic heterocycles. The van der Waals surface area contributed by atoms with Crippen molar-refractivity contribution in [3.8, 4) is 22.3 Å². The lowest BCUT2D eigenvalue weighted by atomic mass is 9.99. The molecule has 2 heterocycles. The van der Waals surface area contributed by atoms with Crippen LogP contribution in [-0.4, -0.2) is 61.6 Å². The molecule has 6 rings (SSSR count). The molecule has 0 N–H and O–H groups in total. The molecular weight excluding hydrogens is 670 g/mol. The fraction of sp³-hybridized carbons (Fsp3) is 0.273. The van der Waals surface area contributed by atoms with E-state index in [0.29, 0.717) is 48.2 Å². The predicted molar refractivity (Wildman–Crippen MR) is 201 cm³/mol. The Morgan fingerprint density at radius 2 is 0.962 bits per heavy atom. The molecule has 0 aliphatic carbocycles. The lowest BCUT2D eigenvalue weighted by molar-refractivity contribution is -0.140. The summed E-state index contributed by atoms with van der Waals surface area (Å²) in [6.45, 7) is 11.8. The van der Waals surface area contributed by atoms with Crippen LogP contribution >= 0.6 is 0 Å². The molecule has 0 amide bonds. The number of unbranched alkanes of at least 4 members (excludes halogenated alkanes) is 1. The molecule has 2 fully saturated rings. The van der Waals surface area contributed by atoms with E-state index < -0.39 is 11.9 Å². The van der Waals surface area contributed by atoms with Crippen molar-refractivity contribution < 1.29 is 38.1 Å². The number of carbonyl (C=O) groups is 4. The van der Waals surface area contributed by atoms with Gasteiger partial charge in [0.15, 0.2) is 0 Å². The van der Waals surface area contributed by atoms with Crippen molar-refractivity contribution in [3.05, 3.63) is 144 Å². The molecule has 272 valence electrons. The van der Waals surface area contributed by atoms with E-state index >= 15 is 0 Å². The zero-order valence-electron chi connectivity index (χ0n) is 29.9. The zero-order valence-corrected chi connectivity index (χ0v) is 29.9. The van der Waals surface area contributed by atoms with Gasteiger partial charge < -0.3 is 18.9 Å². The van der Waals surface area contributed by atoms with Crippen LogP contribution in [0.3, 0.4) is 0 Å². The van der Waals surface area contributed by atoms with Gasteiger partial charge in [-0.3, -0.25) is 4.90 Å². The van der Waals surface area contributed by atoms with Gasteiger partial charge in [0.05, 0.1) is 11.1 Å². The third-order valence-electron chi connectivity index (χ3n) is 9.52. The number of rotatable bonds is 15. The summed E-state index contributed by atoms with van der Waals surface area (Å²) in [6, 6.07) is 30.1. The molecule has 0 saturated carbocycles. The summed E-state index contributed by atoms with van der Waals surface area (Å²) in [5.74, 6) is -1.50. The Hall–Kier alpha value is -5.80. The van der Waals surface area contributed by atoms with Gasteiger partial charge in [0.1, 0.15) is 25.4 Å². The minimum absolute atomic E-state index is 0.210. The monoisotopic (exact) mass is 713 g/mol. The second kappa shape index (κ2) is 17.1. The number of carbonyl (C=O) groups excluding carboxylic acids is 4. The predicted octanol–water partition coefficient (Wildman–Crippen LogP) is 8.22. The molecular formula is C44H43NO8. The molecule has 0 spiro atoms.